The van der Waals surface area contributed by atoms with Gasteiger partial charge in [0.15, 0.2) is 0 Å². The van der Waals surface area contributed by atoms with Crippen LogP contribution in [-0.4, -0.2) is 48.5 Å². The van der Waals surface area contributed by atoms with E-state index in [0.29, 0.717) is 0 Å². The Balaban J connectivity index is 2.28. The Bertz CT molecular complexity index is 321. The average Bonchev–Trinajstić information content (AvgIpc) is 2.65. The van der Waals surface area contributed by atoms with E-state index in [1.165, 1.54) is 12.0 Å². The maximum absolute atomic E-state index is 11.5. The van der Waals surface area contributed by atoms with Crippen molar-refractivity contribution in [3.63, 3.8) is 0 Å². The Morgan fingerprint density at radius 3 is 2.94 bits per heavy atom. The highest BCUT2D eigenvalue weighted by Gasteiger charge is 2.34. The monoisotopic (exact) mass is 267 g/mol. The summed E-state index contributed by atoms with van der Waals surface area (Å²) in [5.41, 5.74) is 0. The van der Waals surface area contributed by atoms with Gasteiger partial charge in [0.1, 0.15) is 6.61 Å². The van der Waals surface area contributed by atoms with Crippen LogP contribution in [0.5, 0.6) is 0 Å². The summed E-state index contributed by atoms with van der Waals surface area (Å²) in [5.74, 6) is -1.05. The zero-order chi connectivity index (χ0) is 12.8. The second-order valence-electron chi connectivity index (χ2n) is 3.44. The SMILES string of the molecule is COC(=O)C1CC(=O)N(CCOO[PH](=O)O)C1. The summed E-state index contributed by atoms with van der Waals surface area (Å²) >= 11 is 0. The van der Waals surface area contributed by atoms with Crippen molar-refractivity contribution in [1.29, 1.82) is 0 Å². The minimum absolute atomic E-state index is 0.0312. The van der Waals surface area contributed by atoms with Crippen LogP contribution in [0.15, 0.2) is 0 Å². The van der Waals surface area contributed by atoms with Crippen LogP contribution in [0.3, 0.4) is 0 Å². The maximum atomic E-state index is 11.5. The lowest BCUT2D eigenvalue weighted by atomic mass is 10.1. The number of methoxy groups -OCH3 is 1. The second kappa shape index (κ2) is 6.70. The van der Waals surface area contributed by atoms with Crippen LogP contribution in [0, 0.1) is 5.92 Å². The molecular formula is C8H14NO7P. The fraction of sp³-hybridized carbons (Fsp3) is 0.750. The first kappa shape index (κ1) is 14.1. The molecule has 1 amide bonds. The van der Waals surface area contributed by atoms with Crippen molar-refractivity contribution in [2.45, 2.75) is 6.42 Å². The molecule has 1 aliphatic heterocycles. The predicted molar refractivity (Wildman–Crippen MR) is 55.0 cm³/mol. The van der Waals surface area contributed by atoms with Crippen LogP contribution < -0.4 is 0 Å². The summed E-state index contributed by atoms with van der Waals surface area (Å²) < 4.78 is 18.7. The number of hydrogen-bond acceptors (Lipinski definition) is 6. The molecule has 0 bridgehead atoms. The van der Waals surface area contributed by atoms with Crippen LogP contribution >= 0.6 is 8.25 Å². The summed E-state index contributed by atoms with van der Waals surface area (Å²) in [4.78, 5) is 36.8. The minimum Gasteiger partial charge on any atom is -0.469 e. The standard InChI is InChI=1S/C8H14NO7P/c1-14-8(11)6-4-7(10)9(5-6)2-3-15-16-17(12)13/h6,17H,2-5H2,1H3,(H,12,13). The summed E-state index contributed by atoms with van der Waals surface area (Å²) in [7, 11) is -1.85. The van der Waals surface area contributed by atoms with Gasteiger partial charge < -0.3 is 14.5 Å². The maximum Gasteiger partial charge on any atom is 0.344 e. The number of amides is 1. The van der Waals surface area contributed by atoms with Gasteiger partial charge in [-0.25, -0.2) is 4.89 Å². The van der Waals surface area contributed by atoms with Gasteiger partial charge in [0.25, 0.3) is 0 Å². The lowest BCUT2D eigenvalue weighted by Gasteiger charge is -2.15. The van der Waals surface area contributed by atoms with Crippen molar-refractivity contribution in [3.05, 3.63) is 0 Å². The molecule has 17 heavy (non-hydrogen) atoms. The zero-order valence-corrected chi connectivity index (χ0v) is 10.2. The van der Waals surface area contributed by atoms with E-state index in [4.69, 9.17) is 4.89 Å². The highest BCUT2D eigenvalue weighted by molar-refractivity contribution is 7.31. The molecule has 1 aliphatic rings. The molecule has 0 spiro atoms. The van der Waals surface area contributed by atoms with E-state index in [2.05, 4.69) is 14.3 Å². The van der Waals surface area contributed by atoms with E-state index < -0.39 is 20.1 Å². The van der Waals surface area contributed by atoms with Gasteiger partial charge in [0.05, 0.1) is 13.0 Å². The Morgan fingerprint density at radius 1 is 1.65 bits per heavy atom. The number of carbonyl (C=O) groups is 2. The molecule has 8 nitrogen and oxygen atoms in total. The van der Waals surface area contributed by atoms with E-state index in [9.17, 15) is 14.2 Å². The number of likely N-dealkylation sites (tertiary alicyclic amines) is 1. The predicted octanol–water partition coefficient (Wildman–Crippen LogP) is -0.662. The minimum atomic E-state index is -3.12. The van der Waals surface area contributed by atoms with Crippen LogP contribution in [0.2, 0.25) is 0 Å². The molecule has 0 aromatic heterocycles. The van der Waals surface area contributed by atoms with E-state index in [0.717, 1.165) is 0 Å². The smallest absolute Gasteiger partial charge is 0.344 e. The van der Waals surface area contributed by atoms with Gasteiger partial charge in [-0.3, -0.25) is 14.2 Å². The third-order valence-corrected chi connectivity index (χ3v) is 2.58. The molecule has 1 fully saturated rings. The number of hydrogen-bond donors (Lipinski definition) is 1. The third kappa shape index (κ3) is 4.43. The van der Waals surface area contributed by atoms with E-state index >= 15 is 0 Å². The average molecular weight is 267 g/mol. The van der Waals surface area contributed by atoms with Gasteiger partial charge in [-0.2, -0.15) is 4.67 Å². The van der Waals surface area contributed by atoms with Gasteiger partial charge in [-0.1, -0.05) is 0 Å². The lowest BCUT2D eigenvalue weighted by Crippen LogP contribution is -2.29. The number of carbonyl (C=O) groups excluding carboxylic acids is 2. The van der Waals surface area contributed by atoms with Crippen molar-refractivity contribution >= 4 is 20.1 Å². The number of rotatable bonds is 6. The molecule has 1 heterocycles. The largest absolute Gasteiger partial charge is 0.469 e. The van der Waals surface area contributed by atoms with E-state index in [1.807, 2.05) is 0 Å². The van der Waals surface area contributed by atoms with Crippen LogP contribution in [0.1, 0.15) is 6.42 Å². The molecule has 9 heteroatoms. The lowest BCUT2D eigenvalue weighted by molar-refractivity contribution is -0.209. The Hall–Kier alpha value is -0.950. The molecule has 1 rings (SSSR count). The first-order valence-electron chi connectivity index (χ1n) is 4.92. The van der Waals surface area contributed by atoms with Crippen molar-refractivity contribution in [2.75, 3.05) is 26.8 Å². The normalized spacial score (nSPS) is 21.6. The first-order chi connectivity index (χ1) is 8.04. The molecule has 0 aliphatic carbocycles. The Morgan fingerprint density at radius 2 is 2.35 bits per heavy atom. The summed E-state index contributed by atoms with van der Waals surface area (Å²) in [6.07, 6.45) is 0.115. The molecular weight excluding hydrogens is 253 g/mol. The van der Waals surface area contributed by atoms with Crippen LogP contribution in [0.25, 0.3) is 0 Å². The van der Waals surface area contributed by atoms with E-state index in [1.54, 1.807) is 0 Å². The van der Waals surface area contributed by atoms with Gasteiger partial charge in [0, 0.05) is 19.5 Å². The van der Waals surface area contributed by atoms with Crippen molar-refractivity contribution in [2.24, 2.45) is 5.92 Å². The zero-order valence-electron chi connectivity index (χ0n) is 9.25. The number of ether oxygens (including phenoxy) is 1. The number of esters is 1. The highest BCUT2D eigenvalue weighted by atomic mass is 31.1. The fourth-order valence-corrected chi connectivity index (χ4v) is 1.74. The summed E-state index contributed by atoms with van der Waals surface area (Å²) in [5, 5.41) is 0. The van der Waals surface area contributed by atoms with Gasteiger partial charge in [-0.05, 0) is 0 Å². The molecule has 2 unspecified atom stereocenters. The van der Waals surface area contributed by atoms with Crippen LogP contribution in [0.4, 0.5) is 0 Å². The van der Waals surface area contributed by atoms with Crippen molar-refractivity contribution in [3.8, 4) is 0 Å². The highest BCUT2D eigenvalue weighted by Crippen LogP contribution is 2.19. The molecule has 1 saturated heterocycles. The molecule has 2 atom stereocenters. The number of nitrogens with zero attached hydrogens (tertiary/aromatic N) is 1. The Labute approximate surface area is 98.3 Å². The molecule has 98 valence electrons. The first-order valence-corrected chi connectivity index (χ1v) is 6.19. The van der Waals surface area contributed by atoms with Gasteiger partial charge in [0.2, 0.25) is 5.91 Å². The second-order valence-corrected chi connectivity index (χ2v) is 4.13. The third-order valence-electron chi connectivity index (χ3n) is 2.32. The van der Waals surface area contributed by atoms with Crippen molar-refractivity contribution in [1.82, 2.24) is 4.90 Å². The fourth-order valence-electron chi connectivity index (χ4n) is 1.55. The Kier molecular flexibility index (Phi) is 5.57. The summed E-state index contributed by atoms with van der Waals surface area (Å²) in [6, 6.07) is 0. The van der Waals surface area contributed by atoms with E-state index in [-0.39, 0.29) is 32.0 Å². The topological polar surface area (TPSA) is 102 Å². The molecule has 0 radical (unpaired) electrons. The molecule has 0 aromatic carbocycles. The van der Waals surface area contributed by atoms with Crippen LogP contribution in [-0.2, 0) is 28.5 Å². The van der Waals surface area contributed by atoms with Gasteiger partial charge >= 0.3 is 14.2 Å². The molecule has 1 N–H and O–H groups in total. The molecule has 0 aromatic rings. The quantitative estimate of drug-likeness (QED) is 0.224. The van der Waals surface area contributed by atoms with Crippen molar-refractivity contribution < 1.29 is 33.3 Å². The van der Waals surface area contributed by atoms with Gasteiger partial charge in [-0.15, -0.1) is 0 Å². The summed E-state index contributed by atoms with van der Waals surface area (Å²) in [6.45, 7) is 0.432. The molecule has 0 saturated carbocycles.